The molecule has 3 aromatic heterocycles. The van der Waals surface area contributed by atoms with Crippen LogP contribution >= 0.6 is 22.7 Å². The molecular weight excluding hydrogens is 390 g/mol. The van der Waals surface area contributed by atoms with Crippen LogP contribution in [0.15, 0.2) is 41.8 Å². The number of carbonyl (C=O) groups is 1. The summed E-state index contributed by atoms with van der Waals surface area (Å²) in [4.78, 5) is 23.5. The number of rotatable bonds is 5. The largest absolute Gasteiger partial charge is 0.321 e. The molecule has 1 aliphatic carbocycles. The van der Waals surface area contributed by atoms with Gasteiger partial charge in [-0.15, -0.1) is 22.7 Å². The fraction of sp³-hybridized carbons (Fsp3) is 0.200. The molecule has 1 aliphatic rings. The SMILES string of the molecule is Cc1nc(-c2cccs2)sc1C(=O)Nc1ccc(-c2n[nH]c(C3CC3)n2)cc1. The van der Waals surface area contributed by atoms with Crippen LogP contribution in [0.1, 0.15) is 39.9 Å². The van der Waals surface area contributed by atoms with Gasteiger partial charge in [-0.25, -0.2) is 9.97 Å². The van der Waals surface area contributed by atoms with Gasteiger partial charge in [-0.05, 0) is 55.5 Å². The predicted octanol–water partition coefficient (Wildman–Crippen LogP) is 5.09. The van der Waals surface area contributed by atoms with E-state index in [2.05, 4.69) is 25.5 Å². The molecule has 0 atom stereocenters. The number of aryl methyl sites for hydroxylation is 1. The summed E-state index contributed by atoms with van der Waals surface area (Å²) in [5, 5.41) is 13.2. The molecule has 1 amide bonds. The van der Waals surface area contributed by atoms with Crippen molar-refractivity contribution in [1.82, 2.24) is 20.2 Å². The Bertz CT molecular complexity index is 1120. The topological polar surface area (TPSA) is 83.6 Å². The molecule has 1 aromatic carbocycles. The maximum Gasteiger partial charge on any atom is 0.267 e. The lowest BCUT2D eigenvalue weighted by molar-refractivity contribution is 0.103. The first-order chi connectivity index (χ1) is 13.7. The molecule has 4 aromatic rings. The second kappa shape index (κ2) is 6.96. The van der Waals surface area contributed by atoms with E-state index in [1.807, 2.05) is 48.7 Å². The quantitative estimate of drug-likeness (QED) is 0.482. The summed E-state index contributed by atoms with van der Waals surface area (Å²) in [5.74, 6) is 2.06. The van der Waals surface area contributed by atoms with E-state index < -0.39 is 0 Å². The highest BCUT2D eigenvalue weighted by Crippen LogP contribution is 2.38. The number of nitrogens with one attached hydrogen (secondary N) is 2. The van der Waals surface area contributed by atoms with E-state index in [0.717, 1.165) is 32.7 Å². The number of nitrogens with zero attached hydrogens (tertiary/aromatic N) is 3. The van der Waals surface area contributed by atoms with E-state index in [4.69, 9.17) is 0 Å². The smallest absolute Gasteiger partial charge is 0.267 e. The number of carbonyl (C=O) groups excluding carboxylic acids is 1. The van der Waals surface area contributed by atoms with Crippen molar-refractivity contribution in [2.75, 3.05) is 5.32 Å². The molecule has 3 heterocycles. The van der Waals surface area contributed by atoms with Crippen LogP contribution in [0.5, 0.6) is 0 Å². The highest BCUT2D eigenvalue weighted by atomic mass is 32.1. The minimum absolute atomic E-state index is 0.139. The van der Waals surface area contributed by atoms with E-state index in [0.29, 0.717) is 16.6 Å². The fourth-order valence-electron chi connectivity index (χ4n) is 2.95. The third-order valence-electron chi connectivity index (χ3n) is 4.60. The van der Waals surface area contributed by atoms with Gasteiger partial charge in [0.15, 0.2) is 5.82 Å². The molecule has 0 saturated heterocycles. The van der Waals surface area contributed by atoms with E-state index in [1.165, 1.54) is 24.2 Å². The van der Waals surface area contributed by atoms with Gasteiger partial charge in [-0.2, -0.15) is 5.10 Å². The van der Waals surface area contributed by atoms with Gasteiger partial charge in [-0.1, -0.05) is 6.07 Å². The molecule has 1 saturated carbocycles. The van der Waals surface area contributed by atoms with Crippen molar-refractivity contribution in [3.05, 3.63) is 58.2 Å². The molecule has 1 fully saturated rings. The second-order valence-electron chi connectivity index (χ2n) is 6.76. The fourth-order valence-corrected chi connectivity index (χ4v) is 4.70. The molecule has 0 bridgehead atoms. The number of aromatic nitrogens is 4. The Morgan fingerprint density at radius 1 is 1.18 bits per heavy atom. The van der Waals surface area contributed by atoms with Crippen molar-refractivity contribution in [2.24, 2.45) is 0 Å². The van der Waals surface area contributed by atoms with E-state index in [1.54, 1.807) is 11.3 Å². The normalized spacial score (nSPS) is 13.6. The highest BCUT2D eigenvalue weighted by Gasteiger charge is 2.27. The summed E-state index contributed by atoms with van der Waals surface area (Å²) in [7, 11) is 0. The number of amides is 1. The Labute approximate surface area is 169 Å². The monoisotopic (exact) mass is 407 g/mol. The minimum Gasteiger partial charge on any atom is -0.321 e. The number of anilines is 1. The van der Waals surface area contributed by atoms with Crippen molar-refractivity contribution in [3.63, 3.8) is 0 Å². The maximum atomic E-state index is 12.7. The third kappa shape index (κ3) is 3.36. The van der Waals surface area contributed by atoms with Crippen molar-refractivity contribution in [1.29, 1.82) is 0 Å². The molecule has 6 nitrogen and oxygen atoms in total. The van der Waals surface area contributed by atoms with Gasteiger partial charge in [0, 0.05) is 17.2 Å². The second-order valence-corrected chi connectivity index (χ2v) is 8.71. The number of thiazole rings is 1. The average molecular weight is 408 g/mol. The van der Waals surface area contributed by atoms with E-state index in [9.17, 15) is 4.79 Å². The Morgan fingerprint density at radius 2 is 2.00 bits per heavy atom. The molecular formula is C20H17N5OS2. The number of hydrogen-bond donors (Lipinski definition) is 2. The Balaban J connectivity index is 1.31. The van der Waals surface area contributed by atoms with E-state index in [-0.39, 0.29) is 5.91 Å². The van der Waals surface area contributed by atoms with Crippen LogP contribution in [-0.4, -0.2) is 26.1 Å². The Morgan fingerprint density at radius 3 is 2.71 bits per heavy atom. The lowest BCUT2D eigenvalue weighted by atomic mass is 10.2. The molecule has 8 heteroatoms. The molecule has 2 N–H and O–H groups in total. The zero-order valence-corrected chi connectivity index (χ0v) is 16.7. The van der Waals surface area contributed by atoms with Crippen LogP contribution in [-0.2, 0) is 0 Å². The van der Waals surface area contributed by atoms with Gasteiger partial charge < -0.3 is 5.32 Å². The van der Waals surface area contributed by atoms with Gasteiger partial charge in [0.1, 0.15) is 15.7 Å². The van der Waals surface area contributed by atoms with Gasteiger partial charge in [-0.3, -0.25) is 9.89 Å². The first-order valence-electron chi connectivity index (χ1n) is 9.03. The van der Waals surface area contributed by atoms with Gasteiger partial charge in [0.05, 0.1) is 10.6 Å². The van der Waals surface area contributed by atoms with Gasteiger partial charge in [0.2, 0.25) is 0 Å². The number of H-pyrrole nitrogens is 1. The summed E-state index contributed by atoms with van der Waals surface area (Å²) in [6.07, 6.45) is 2.37. The average Bonchev–Trinajstić information content (AvgIpc) is 3.12. The first kappa shape index (κ1) is 17.3. The molecule has 0 spiro atoms. The summed E-state index contributed by atoms with van der Waals surface area (Å²) < 4.78 is 0. The highest BCUT2D eigenvalue weighted by molar-refractivity contribution is 7.22. The number of hydrogen-bond acceptors (Lipinski definition) is 6. The summed E-state index contributed by atoms with van der Waals surface area (Å²) in [5.41, 5.74) is 2.41. The maximum absolute atomic E-state index is 12.7. The summed E-state index contributed by atoms with van der Waals surface area (Å²) in [6, 6.07) is 11.6. The third-order valence-corrected chi connectivity index (χ3v) is 6.80. The lowest BCUT2D eigenvalue weighted by Crippen LogP contribution is -2.11. The number of thiophene rings is 1. The van der Waals surface area contributed by atoms with Gasteiger partial charge >= 0.3 is 0 Å². The standard InChI is InChI=1S/C20H17N5OS2/c1-11-16(28-20(21-11)15-3-2-10-27-15)19(26)22-14-8-6-13(7-9-14)18-23-17(24-25-18)12-4-5-12/h2-3,6-10,12H,4-5H2,1H3,(H,22,26)(H,23,24,25). The molecule has 0 radical (unpaired) electrons. The van der Waals surface area contributed by atoms with Crippen LogP contribution in [0.4, 0.5) is 5.69 Å². The van der Waals surface area contributed by atoms with Crippen LogP contribution in [0.25, 0.3) is 21.3 Å². The van der Waals surface area contributed by atoms with Gasteiger partial charge in [0.25, 0.3) is 5.91 Å². The van der Waals surface area contributed by atoms with E-state index >= 15 is 0 Å². The number of benzene rings is 1. The van der Waals surface area contributed by atoms with Crippen molar-refractivity contribution in [3.8, 4) is 21.3 Å². The van der Waals surface area contributed by atoms with Crippen molar-refractivity contribution >= 4 is 34.3 Å². The predicted molar refractivity (Wildman–Crippen MR) is 112 cm³/mol. The zero-order valence-electron chi connectivity index (χ0n) is 15.1. The van der Waals surface area contributed by atoms with Crippen molar-refractivity contribution in [2.45, 2.75) is 25.7 Å². The minimum atomic E-state index is -0.139. The first-order valence-corrected chi connectivity index (χ1v) is 10.7. The molecule has 140 valence electrons. The lowest BCUT2D eigenvalue weighted by Gasteiger charge is -2.04. The molecule has 28 heavy (non-hydrogen) atoms. The molecule has 0 unspecified atom stereocenters. The zero-order chi connectivity index (χ0) is 19.1. The molecule has 0 aliphatic heterocycles. The van der Waals surface area contributed by atoms with Crippen LogP contribution in [0.2, 0.25) is 0 Å². The molecule has 5 rings (SSSR count). The van der Waals surface area contributed by atoms with Crippen LogP contribution in [0, 0.1) is 6.92 Å². The van der Waals surface area contributed by atoms with Crippen LogP contribution < -0.4 is 5.32 Å². The summed E-state index contributed by atoms with van der Waals surface area (Å²) in [6.45, 7) is 1.87. The number of aromatic amines is 1. The van der Waals surface area contributed by atoms with Crippen LogP contribution in [0.3, 0.4) is 0 Å². The van der Waals surface area contributed by atoms with Crippen molar-refractivity contribution < 1.29 is 4.79 Å². The Kier molecular flexibility index (Phi) is 4.29. The Hall–Kier alpha value is -2.84. The summed E-state index contributed by atoms with van der Waals surface area (Å²) >= 11 is 3.04.